The summed E-state index contributed by atoms with van der Waals surface area (Å²) in [6.45, 7) is 4.06. The third kappa shape index (κ3) is 3.05. The summed E-state index contributed by atoms with van der Waals surface area (Å²) < 4.78 is 0.705. The Labute approximate surface area is 135 Å². The van der Waals surface area contributed by atoms with Crippen molar-refractivity contribution in [2.24, 2.45) is 0 Å². The van der Waals surface area contributed by atoms with Gasteiger partial charge in [-0.15, -0.1) is 0 Å². The van der Waals surface area contributed by atoms with Crippen molar-refractivity contribution in [3.8, 4) is 11.4 Å². The zero-order valence-electron chi connectivity index (χ0n) is 10.2. The number of hydrogen-bond donors (Lipinski definition) is 0. The molecule has 0 fully saturated rings. The lowest BCUT2D eigenvalue weighted by Crippen LogP contribution is -2.01. The first kappa shape index (κ1) is 15.0. The van der Waals surface area contributed by atoms with Gasteiger partial charge in [0.1, 0.15) is 5.15 Å². The van der Waals surface area contributed by atoms with Crippen molar-refractivity contribution < 1.29 is 0 Å². The Morgan fingerprint density at radius 2 is 1.63 bits per heavy atom. The number of benzene rings is 1. The van der Waals surface area contributed by atoms with Crippen LogP contribution in [0.2, 0.25) is 15.2 Å². The van der Waals surface area contributed by atoms with Gasteiger partial charge in [-0.25, -0.2) is 9.97 Å². The predicted octanol–water partition coefficient (Wildman–Crippen LogP) is 5.99. The summed E-state index contributed by atoms with van der Waals surface area (Å²) in [4.78, 5) is 8.76. The van der Waals surface area contributed by atoms with E-state index in [1.807, 2.05) is 13.8 Å². The Kier molecular flexibility index (Phi) is 4.72. The Bertz CT molecular complexity index is 609. The maximum absolute atomic E-state index is 6.17. The van der Waals surface area contributed by atoms with Gasteiger partial charge in [-0.1, -0.05) is 54.7 Å². The van der Waals surface area contributed by atoms with E-state index in [1.165, 1.54) is 0 Å². The maximum atomic E-state index is 6.17. The molecular weight excluding hydrogens is 370 g/mol. The topological polar surface area (TPSA) is 25.8 Å². The van der Waals surface area contributed by atoms with Gasteiger partial charge in [0.05, 0.1) is 25.8 Å². The van der Waals surface area contributed by atoms with Crippen molar-refractivity contribution in [3.05, 3.63) is 43.6 Å². The number of aromatic nitrogens is 2. The van der Waals surface area contributed by atoms with Crippen LogP contribution in [0.1, 0.15) is 25.5 Å². The van der Waals surface area contributed by atoms with E-state index in [4.69, 9.17) is 34.8 Å². The number of nitrogens with zero attached hydrogens (tertiary/aromatic N) is 2. The molecule has 0 spiro atoms. The van der Waals surface area contributed by atoms with Gasteiger partial charge < -0.3 is 0 Å². The van der Waals surface area contributed by atoms with Gasteiger partial charge in [0, 0.05) is 0 Å². The highest BCUT2D eigenvalue weighted by Gasteiger charge is 2.17. The summed E-state index contributed by atoms with van der Waals surface area (Å²) in [7, 11) is 0. The molecule has 2 rings (SSSR count). The molecule has 0 aliphatic rings. The second kappa shape index (κ2) is 5.96. The molecule has 2 nitrogen and oxygen atoms in total. The first-order chi connectivity index (χ1) is 8.91. The molecule has 0 atom stereocenters. The van der Waals surface area contributed by atoms with E-state index < -0.39 is 0 Å². The zero-order chi connectivity index (χ0) is 14.2. The molecule has 0 amide bonds. The molecule has 0 saturated carbocycles. The van der Waals surface area contributed by atoms with Crippen molar-refractivity contribution in [1.29, 1.82) is 0 Å². The summed E-state index contributed by atoms with van der Waals surface area (Å²) in [6, 6.07) is 5.27. The molecule has 19 heavy (non-hydrogen) atoms. The largest absolute Gasteiger partial charge is 0.231 e. The molecule has 1 aromatic heterocycles. The lowest BCUT2D eigenvalue weighted by molar-refractivity contribution is 0.809. The van der Waals surface area contributed by atoms with Gasteiger partial charge in [0.15, 0.2) is 5.82 Å². The monoisotopic (exact) mass is 378 g/mol. The lowest BCUT2D eigenvalue weighted by atomic mass is 10.1. The molecular formula is C13H10BrCl3N2. The predicted molar refractivity (Wildman–Crippen MR) is 84.3 cm³/mol. The molecule has 0 unspecified atom stereocenters. The van der Waals surface area contributed by atoms with Gasteiger partial charge in [-0.3, -0.25) is 0 Å². The first-order valence-corrected chi connectivity index (χ1v) is 7.51. The molecule has 0 radical (unpaired) electrons. The standard InChI is InChI=1S/C13H10BrCl3N2/c1-6(2)11-10(14)12(17)19-13(18-11)9-7(15)4-3-5-8(9)16/h3-6H,1-2H3. The fourth-order valence-electron chi connectivity index (χ4n) is 1.64. The minimum Gasteiger partial charge on any atom is -0.231 e. The quantitative estimate of drug-likeness (QED) is 0.598. The summed E-state index contributed by atoms with van der Waals surface area (Å²) in [5, 5.41) is 1.35. The molecule has 0 aliphatic carbocycles. The van der Waals surface area contributed by atoms with Crippen LogP contribution in [0.4, 0.5) is 0 Å². The van der Waals surface area contributed by atoms with E-state index in [9.17, 15) is 0 Å². The average Bonchev–Trinajstić information content (AvgIpc) is 2.32. The summed E-state index contributed by atoms with van der Waals surface area (Å²) in [5.41, 5.74) is 1.42. The van der Waals surface area contributed by atoms with Gasteiger partial charge in [0.25, 0.3) is 0 Å². The number of halogens is 4. The lowest BCUT2D eigenvalue weighted by Gasteiger charge is -2.12. The molecule has 0 aliphatic heterocycles. The Balaban J connectivity index is 2.70. The van der Waals surface area contributed by atoms with Crippen molar-refractivity contribution >= 4 is 50.7 Å². The van der Waals surface area contributed by atoms with E-state index in [0.29, 0.717) is 31.1 Å². The second-order valence-corrected chi connectivity index (χ2v) is 6.25. The fourth-order valence-corrected chi connectivity index (χ4v) is 3.02. The third-order valence-corrected chi connectivity index (χ3v) is 4.48. The van der Waals surface area contributed by atoms with Crippen molar-refractivity contribution in [1.82, 2.24) is 9.97 Å². The molecule has 1 aromatic carbocycles. The van der Waals surface area contributed by atoms with Gasteiger partial charge in [-0.05, 0) is 34.0 Å². The molecule has 1 heterocycles. The van der Waals surface area contributed by atoms with Crippen LogP contribution in [0.3, 0.4) is 0 Å². The third-order valence-electron chi connectivity index (χ3n) is 2.57. The van der Waals surface area contributed by atoms with Crippen molar-refractivity contribution in [2.45, 2.75) is 19.8 Å². The first-order valence-electron chi connectivity index (χ1n) is 5.59. The molecule has 100 valence electrons. The highest BCUT2D eigenvalue weighted by atomic mass is 79.9. The number of rotatable bonds is 2. The molecule has 0 saturated heterocycles. The van der Waals surface area contributed by atoms with Crippen LogP contribution in [0.5, 0.6) is 0 Å². The smallest absolute Gasteiger partial charge is 0.164 e. The molecule has 6 heteroatoms. The van der Waals surface area contributed by atoms with Crippen LogP contribution in [-0.2, 0) is 0 Å². The highest BCUT2D eigenvalue weighted by Crippen LogP contribution is 2.36. The molecule has 0 N–H and O–H groups in total. The average molecular weight is 381 g/mol. The maximum Gasteiger partial charge on any atom is 0.164 e. The van der Waals surface area contributed by atoms with Crippen molar-refractivity contribution in [2.75, 3.05) is 0 Å². The highest BCUT2D eigenvalue weighted by molar-refractivity contribution is 9.10. The summed E-state index contributed by atoms with van der Waals surface area (Å²) in [5.74, 6) is 0.641. The molecule has 0 bridgehead atoms. The SMILES string of the molecule is CC(C)c1nc(-c2c(Cl)cccc2Cl)nc(Cl)c1Br. The Hall–Kier alpha value is -0.350. The van der Waals surface area contributed by atoms with Crippen molar-refractivity contribution in [3.63, 3.8) is 0 Å². The second-order valence-electron chi connectivity index (χ2n) is 4.29. The van der Waals surface area contributed by atoms with Gasteiger partial charge in [-0.2, -0.15) is 0 Å². The van der Waals surface area contributed by atoms with E-state index in [0.717, 1.165) is 5.69 Å². The van der Waals surface area contributed by atoms with E-state index in [1.54, 1.807) is 18.2 Å². The van der Waals surface area contributed by atoms with E-state index >= 15 is 0 Å². The van der Waals surface area contributed by atoms with Gasteiger partial charge in [0.2, 0.25) is 0 Å². The van der Waals surface area contributed by atoms with E-state index in [-0.39, 0.29) is 5.92 Å². The normalized spacial score (nSPS) is 11.1. The minimum atomic E-state index is 0.204. The summed E-state index contributed by atoms with van der Waals surface area (Å²) in [6.07, 6.45) is 0. The Morgan fingerprint density at radius 3 is 2.16 bits per heavy atom. The summed E-state index contributed by atoms with van der Waals surface area (Å²) >= 11 is 21.9. The van der Waals surface area contributed by atoms with Crippen LogP contribution >= 0.6 is 50.7 Å². The van der Waals surface area contributed by atoms with E-state index in [2.05, 4.69) is 25.9 Å². The zero-order valence-corrected chi connectivity index (χ0v) is 14.1. The van der Waals surface area contributed by atoms with Crippen LogP contribution in [0.15, 0.2) is 22.7 Å². The van der Waals surface area contributed by atoms with Crippen LogP contribution in [0, 0.1) is 0 Å². The fraction of sp³-hybridized carbons (Fsp3) is 0.231. The number of hydrogen-bond acceptors (Lipinski definition) is 2. The van der Waals surface area contributed by atoms with Gasteiger partial charge >= 0.3 is 0 Å². The Morgan fingerprint density at radius 1 is 1.05 bits per heavy atom. The van der Waals surface area contributed by atoms with Crippen LogP contribution in [0.25, 0.3) is 11.4 Å². The van der Waals surface area contributed by atoms with Crippen LogP contribution < -0.4 is 0 Å². The minimum absolute atomic E-state index is 0.204. The van der Waals surface area contributed by atoms with Crippen LogP contribution in [-0.4, -0.2) is 9.97 Å². The molecule has 2 aromatic rings.